The molecule has 0 bridgehead atoms. The summed E-state index contributed by atoms with van der Waals surface area (Å²) in [6.07, 6.45) is 0. The van der Waals surface area contributed by atoms with Gasteiger partial charge in [-0.15, -0.1) is 0 Å². The monoisotopic (exact) mass is 577 g/mol. The maximum absolute atomic E-state index is 6.80. The molecule has 3 nitrogen and oxygen atoms in total. The van der Waals surface area contributed by atoms with Gasteiger partial charge in [0.1, 0.15) is 16.7 Å². The second-order valence-electron chi connectivity index (χ2n) is 11.3. The molecule has 3 heteroatoms. The molecule has 2 heterocycles. The molecule has 0 atom stereocenters. The summed E-state index contributed by atoms with van der Waals surface area (Å²) < 4.78 is 13.2. The molecule has 0 unspecified atom stereocenters. The summed E-state index contributed by atoms with van der Waals surface area (Å²) in [6, 6.07) is 57.2. The molecular formula is C42H27NO2. The highest BCUT2D eigenvalue weighted by atomic mass is 16.3. The van der Waals surface area contributed by atoms with Crippen molar-refractivity contribution in [2.45, 2.75) is 0 Å². The second-order valence-corrected chi connectivity index (χ2v) is 11.3. The number of benzene rings is 7. The number of para-hydroxylation sites is 2. The smallest absolute Gasteiger partial charge is 0.160 e. The van der Waals surface area contributed by atoms with Crippen molar-refractivity contribution in [3.05, 3.63) is 164 Å². The van der Waals surface area contributed by atoms with E-state index in [0.717, 1.165) is 83.2 Å². The van der Waals surface area contributed by atoms with E-state index < -0.39 is 0 Å². The van der Waals surface area contributed by atoms with E-state index in [1.165, 1.54) is 0 Å². The Kier molecular flexibility index (Phi) is 5.82. The molecule has 0 saturated carbocycles. The van der Waals surface area contributed by atoms with Gasteiger partial charge in [-0.05, 0) is 59.2 Å². The van der Waals surface area contributed by atoms with E-state index in [0.29, 0.717) is 0 Å². The molecule has 0 fully saturated rings. The van der Waals surface area contributed by atoms with Crippen LogP contribution in [0.2, 0.25) is 0 Å². The third kappa shape index (κ3) is 4.13. The third-order valence-electron chi connectivity index (χ3n) is 8.66. The normalized spacial score (nSPS) is 11.6. The molecule has 45 heavy (non-hydrogen) atoms. The summed E-state index contributed by atoms with van der Waals surface area (Å²) in [5.41, 5.74) is 10.9. The van der Waals surface area contributed by atoms with E-state index in [-0.39, 0.29) is 0 Å². The molecule has 0 N–H and O–H groups in total. The highest BCUT2D eigenvalue weighted by Gasteiger charge is 2.26. The number of furan rings is 2. The van der Waals surface area contributed by atoms with Gasteiger partial charge in [0.15, 0.2) is 5.58 Å². The summed E-state index contributed by atoms with van der Waals surface area (Å²) in [5, 5.41) is 4.31. The van der Waals surface area contributed by atoms with Crippen LogP contribution >= 0.6 is 0 Å². The first kappa shape index (κ1) is 25.4. The largest absolute Gasteiger partial charge is 0.456 e. The van der Waals surface area contributed by atoms with Crippen molar-refractivity contribution in [3.8, 4) is 22.3 Å². The minimum Gasteiger partial charge on any atom is -0.456 e. The Morgan fingerprint density at radius 2 is 1.02 bits per heavy atom. The fourth-order valence-electron chi connectivity index (χ4n) is 6.63. The number of hydrogen-bond donors (Lipinski definition) is 0. The third-order valence-corrected chi connectivity index (χ3v) is 8.66. The van der Waals surface area contributed by atoms with Gasteiger partial charge in [0, 0.05) is 27.4 Å². The van der Waals surface area contributed by atoms with Gasteiger partial charge < -0.3 is 13.7 Å². The van der Waals surface area contributed by atoms with Crippen molar-refractivity contribution in [1.29, 1.82) is 0 Å². The zero-order chi connectivity index (χ0) is 29.7. The molecule has 0 amide bonds. The Labute approximate surface area is 260 Å². The number of nitrogens with zero attached hydrogens (tertiary/aromatic N) is 1. The van der Waals surface area contributed by atoms with E-state index >= 15 is 0 Å². The molecule has 9 aromatic rings. The predicted molar refractivity (Wildman–Crippen MR) is 187 cm³/mol. The summed E-state index contributed by atoms with van der Waals surface area (Å²) in [7, 11) is 0. The lowest BCUT2D eigenvalue weighted by Crippen LogP contribution is -2.12. The van der Waals surface area contributed by atoms with Crippen LogP contribution in [0.3, 0.4) is 0 Å². The van der Waals surface area contributed by atoms with Crippen LogP contribution in [0.1, 0.15) is 0 Å². The van der Waals surface area contributed by atoms with Gasteiger partial charge in [0.05, 0.1) is 16.8 Å². The number of anilines is 3. The van der Waals surface area contributed by atoms with E-state index in [9.17, 15) is 0 Å². The van der Waals surface area contributed by atoms with Gasteiger partial charge in [-0.2, -0.15) is 0 Å². The Bertz CT molecular complexity index is 2490. The first-order valence-corrected chi connectivity index (χ1v) is 15.2. The molecule has 0 radical (unpaired) electrons. The SMILES string of the molecule is c1ccc(-c2cccc(N(c3c(-c4ccccc4)ccc4c3oc3ccccc34)c3cccc4oc5ccccc5c34)c2)cc1. The number of rotatable bonds is 5. The van der Waals surface area contributed by atoms with Gasteiger partial charge in [0.25, 0.3) is 0 Å². The lowest BCUT2D eigenvalue weighted by Gasteiger charge is -2.29. The van der Waals surface area contributed by atoms with Crippen LogP contribution in [-0.2, 0) is 0 Å². The molecule has 0 aliphatic heterocycles. The Morgan fingerprint density at radius 3 is 1.82 bits per heavy atom. The highest BCUT2D eigenvalue weighted by molar-refractivity contribution is 6.18. The van der Waals surface area contributed by atoms with E-state index in [1.54, 1.807) is 0 Å². The van der Waals surface area contributed by atoms with Crippen LogP contribution in [0.5, 0.6) is 0 Å². The molecule has 7 aromatic carbocycles. The molecular weight excluding hydrogens is 550 g/mol. The molecule has 0 spiro atoms. The van der Waals surface area contributed by atoms with Crippen molar-refractivity contribution in [3.63, 3.8) is 0 Å². The van der Waals surface area contributed by atoms with Crippen LogP contribution in [0.4, 0.5) is 17.1 Å². The molecule has 0 aliphatic carbocycles. The van der Waals surface area contributed by atoms with Crippen molar-refractivity contribution in [2.75, 3.05) is 4.90 Å². The van der Waals surface area contributed by atoms with Gasteiger partial charge in [-0.25, -0.2) is 0 Å². The summed E-state index contributed by atoms with van der Waals surface area (Å²) in [6.45, 7) is 0. The number of hydrogen-bond acceptors (Lipinski definition) is 3. The Morgan fingerprint density at radius 1 is 0.400 bits per heavy atom. The topological polar surface area (TPSA) is 29.5 Å². The van der Waals surface area contributed by atoms with E-state index in [1.807, 2.05) is 24.3 Å². The van der Waals surface area contributed by atoms with Gasteiger partial charge >= 0.3 is 0 Å². The van der Waals surface area contributed by atoms with Crippen LogP contribution < -0.4 is 4.90 Å². The Hall–Kier alpha value is -6.06. The van der Waals surface area contributed by atoms with Gasteiger partial charge in [0.2, 0.25) is 0 Å². The molecule has 2 aromatic heterocycles. The molecule has 212 valence electrons. The lowest BCUT2D eigenvalue weighted by atomic mass is 9.98. The highest BCUT2D eigenvalue weighted by Crippen LogP contribution is 2.50. The average Bonchev–Trinajstić information content (AvgIpc) is 3.69. The first-order chi connectivity index (χ1) is 22.3. The maximum atomic E-state index is 6.80. The van der Waals surface area contributed by atoms with Crippen molar-refractivity contribution >= 4 is 60.9 Å². The first-order valence-electron chi connectivity index (χ1n) is 15.2. The van der Waals surface area contributed by atoms with Gasteiger partial charge in [-0.3, -0.25) is 0 Å². The van der Waals surface area contributed by atoms with Crippen LogP contribution in [0.15, 0.2) is 173 Å². The lowest BCUT2D eigenvalue weighted by molar-refractivity contribution is 0.668. The quantitative estimate of drug-likeness (QED) is 0.204. The second kappa shape index (κ2) is 10.3. The zero-order valence-electron chi connectivity index (χ0n) is 24.4. The fourth-order valence-corrected chi connectivity index (χ4v) is 6.63. The minimum absolute atomic E-state index is 0.840. The summed E-state index contributed by atoms with van der Waals surface area (Å²) in [4.78, 5) is 2.36. The maximum Gasteiger partial charge on any atom is 0.160 e. The standard InChI is InChI=1S/C42H27NO2/c1-3-13-28(14-4-1)30-17-11-18-31(27-30)43(36-21-12-24-39-40(36)35-20-8-10-23-38(35)44-39)41-32(29-15-5-2-6-16-29)25-26-34-33-19-7-9-22-37(33)45-42(34)41/h1-27H. The van der Waals surface area contributed by atoms with Crippen molar-refractivity contribution in [1.82, 2.24) is 0 Å². The van der Waals surface area contributed by atoms with Crippen molar-refractivity contribution < 1.29 is 8.83 Å². The minimum atomic E-state index is 0.840. The fraction of sp³-hybridized carbons (Fsp3) is 0. The zero-order valence-corrected chi connectivity index (χ0v) is 24.4. The van der Waals surface area contributed by atoms with Crippen molar-refractivity contribution in [2.24, 2.45) is 0 Å². The molecule has 9 rings (SSSR count). The van der Waals surface area contributed by atoms with Crippen LogP contribution in [0.25, 0.3) is 66.1 Å². The van der Waals surface area contributed by atoms with E-state index in [4.69, 9.17) is 8.83 Å². The van der Waals surface area contributed by atoms with Gasteiger partial charge in [-0.1, -0.05) is 121 Å². The molecule has 0 aliphatic rings. The average molecular weight is 578 g/mol. The Balaban J connectivity index is 1.44. The summed E-state index contributed by atoms with van der Waals surface area (Å²) in [5.74, 6) is 0. The number of fused-ring (bicyclic) bond motifs is 6. The van der Waals surface area contributed by atoms with E-state index in [2.05, 4.69) is 144 Å². The van der Waals surface area contributed by atoms with Crippen LogP contribution in [-0.4, -0.2) is 0 Å². The molecule has 0 saturated heterocycles. The summed E-state index contributed by atoms with van der Waals surface area (Å²) >= 11 is 0. The predicted octanol–water partition coefficient (Wildman–Crippen LogP) is 12.3. The van der Waals surface area contributed by atoms with Crippen LogP contribution in [0, 0.1) is 0 Å².